The molecule has 2 aromatic carbocycles. The predicted molar refractivity (Wildman–Crippen MR) is 126 cm³/mol. The number of nitrogens with zero attached hydrogens (tertiary/aromatic N) is 3. The fourth-order valence-corrected chi connectivity index (χ4v) is 4.80. The molecule has 1 amide bonds. The lowest BCUT2D eigenvalue weighted by Gasteiger charge is -2.37. The third kappa shape index (κ3) is 4.35. The molecule has 0 bridgehead atoms. The van der Waals surface area contributed by atoms with Gasteiger partial charge in [0, 0.05) is 17.8 Å². The van der Waals surface area contributed by atoms with Crippen molar-refractivity contribution in [3.63, 3.8) is 0 Å². The van der Waals surface area contributed by atoms with Crippen LogP contribution >= 0.6 is 11.3 Å². The summed E-state index contributed by atoms with van der Waals surface area (Å²) in [5.74, 6) is 0.802. The molecule has 5 rings (SSSR count). The fourth-order valence-electron chi connectivity index (χ4n) is 3.80. The molecule has 0 aliphatic carbocycles. The summed E-state index contributed by atoms with van der Waals surface area (Å²) in [5, 5.41) is 9.39. The van der Waals surface area contributed by atoms with Gasteiger partial charge in [0.05, 0.1) is 37.0 Å². The minimum atomic E-state index is -4.43. The number of aromatic nitrogens is 2. The van der Waals surface area contributed by atoms with Gasteiger partial charge in [-0.05, 0) is 30.3 Å². The van der Waals surface area contributed by atoms with E-state index in [1.165, 1.54) is 28.7 Å². The van der Waals surface area contributed by atoms with Crippen molar-refractivity contribution in [2.24, 2.45) is 0 Å². The summed E-state index contributed by atoms with van der Waals surface area (Å²) >= 11 is 1.10. The van der Waals surface area contributed by atoms with Gasteiger partial charge in [0.25, 0.3) is 5.56 Å². The van der Waals surface area contributed by atoms with Gasteiger partial charge in [-0.1, -0.05) is 12.1 Å². The number of pyridine rings is 1. The van der Waals surface area contributed by atoms with Crippen LogP contribution < -0.4 is 15.0 Å². The van der Waals surface area contributed by atoms with Gasteiger partial charge >= 0.3 is 12.3 Å². The Balaban J connectivity index is 1.43. The van der Waals surface area contributed by atoms with Crippen LogP contribution in [0.1, 0.15) is 5.56 Å². The normalized spacial score (nSPS) is 14.1. The summed E-state index contributed by atoms with van der Waals surface area (Å²) in [6.45, 7) is 0.506. The summed E-state index contributed by atoms with van der Waals surface area (Å²) in [6.07, 6.45) is -4.16. The second kappa shape index (κ2) is 8.86. The van der Waals surface area contributed by atoms with Gasteiger partial charge in [-0.2, -0.15) is 13.2 Å². The summed E-state index contributed by atoms with van der Waals surface area (Å²) in [5.41, 5.74) is 0.339. The first-order valence-electron chi connectivity index (χ1n) is 10.7. The molecule has 0 spiro atoms. The highest BCUT2D eigenvalue weighted by atomic mass is 32.1. The van der Waals surface area contributed by atoms with Crippen molar-refractivity contribution in [1.82, 2.24) is 14.5 Å². The van der Waals surface area contributed by atoms with Crippen LogP contribution in [0.3, 0.4) is 0 Å². The van der Waals surface area contributed by atoms with Crippen molar-refractivity contribution in [2.75, 3.05) is 20.2 Å². The lowest BCUT2D eigenvalue weighted by molar-refractivity contribution is -0.137. The SMILES string of the molecule is COc1cc(-n2ccc3nc(-c4ccc(C(F)(F)F)cc4)sc3c2=O)ccc1OC1CN(C(=O)O)C1. The predicted octanol–water partition coefficient (Wildman–Crippen LogP) is 4.88. The van der Waals surface area contributed by atoms with Crippen LogP contribution in [0.4, 0.5) is 18.0 Å². The zero-order chi connectivity index (χ0) is 25.6. The third-order valence-electron chi connectivity index (χ3n) is 5.74. The summed E-state index contributed by atoms with van der Waals surface area (Å²) < 4.78 is 51.6. The molecule has 0 radical (unpaired) electrons. The molecule has 1 N–H and O–H groups in total. The van der Waals surface area contributed by atoms with Crippen LogP contribution in [0, 0.1) is 0 Å². The second-order valence-electron chi connectivity index (χ2n) is 8.06. The average Bonchev–Trinajstić information content (AvgIpc) is 3.26. The largest absolute Gasteiger partial charge is 0.493 e. The van der Waals surface area contributed by atoms with Crippen LogP contribution in [-0.2, 0) is 6.18 Å². The molecule has 0 saturated carbocycles. The van der Waals surface area contributed by atoms with Crippen molar-refractivity contribution in [3.8, 4) is 27.8 Å². The van der Waals surface area contributed by atoms with Crippen LogP contribution in [0.2, 0.25) is 0 Å². The highest BCUT2D eigenvalue weighted by molar-refractivity contribution is 7.21. The van der Waals surface area contributed by atoms with Gasteiger partial charge in [0.15, 0.2) is 11.5 Å². The lowest BCUT2D eigenvalue weighted by atomic mass is 10.1. The van der Waals surface area contributed by atoms with Crippen molar-refractivity contribution >= 4 is 27.6 Å². The number of carboxylic acid groups (broad SMARTS) is 1. The Hall–Kier alpha value is -4.06. The number of thiazole rings is 1. The average molecular weight is 517 g/mol. The van der Waals surface area contributed by atoms with E-state index in [0.29, 0.717) is 38.0 Å². The van der Waals surface area contributed by atoms with Gasteiger partial charge in [-0.15, -0.1) is 11.3 Å². The van der Waals surface area contributed by atoms with Crippen LogP contribution in [-0.4, -0.2) is 52.0 Å². The van der Waals surface area contributed by atoms with E-state index in [-0.39, 0.29) is 24.8 Å². The number of rotatable bonds is 5. The van der Waals surface area contributed by atoms with Crippen LogP contribution in [0.25, 0.3) is 26.5 Å². The van der Waals surface area contributed by atoms with Crippen molar-refractivity contribution in [1.29, 1.82) is 0 Å². The van der Waals surface area contributed by atoms with E-state index >= 15 is 0 Å². The third-order valence-corrected chi connectivity index (χ3v) is 6.85. The number of halogens is 3. The number of hydrogen-bond donors (Lipinski definition) is 1. The Morgan fingerprint density at radius 3 is 2.47 bits per heavy atom. The zero-order valence-corrected chi connectivity index (χ0v) is 19.5. The molecule has 3 heterocycles. The standard InChI is InChI=1S/C24H18F3N3O5S/c1-34-19-10-15(6-7-18(19)35-16-11-29(12-16)23(32)33)30-9-8-17-20(22(30)31)36-21(28-17)13-2-4-14(5-3-13)24(25,26)27/h2-10,16H,11-12H2,1H3,(H,32,33). The minimum Gasteiger partial charge on any atom is -0.493 e. The number of likely N-dealkylation sites (tertiary alicyclic amines) is 1. The molecule has 0 unspecified atom stereocenters. The molecule has 0 atom stereocenters. The number of carbonyl (C=O) groups is 1. The highest BCUT2D eigenvalue weighted by Crippen LogP contribution is 2.34. The number of hydrogen-bond acceptors (Lipinski definition) is 6. The van der Waals surface area contributed by atoms with Gasteiger partial charge in [0.2, 0.25) is 0 Å². The Labute approximate surface area is 205 Å². The molecular weight excluding hydrogens is 499 g/mol. The number of methoxy groups -OCH3 is 1. The van der Waals surface area contributed by atoms with Gasteiger partial charge in [-0.3, -0.25) is 9.36 Å². The summed E-state index contributed by atoms with van der Waals surface area (Å²) in [4.78, 5) is 29.8. The van der Waals surface area contributed by atoms with Gasteiger partial charge in [0.1, 0.15) is 15.8 Å². The Morgan fingerprint density at radius 2 is 1.83 bits per heavy atom. The fraction of sp³-hybridized carbons (Fsp3) is 0.208. The molecule has 186 valence electrons. The molecular formula is C24H18F3N3O5S. The first-order valence-corrected chi connectivity index (χ1v) is 11.5. The Morgan fingerprint density at radius 1 is 1.11 bits per heavy atom. The monoisotopic (exact) mass is 517 g/mol. The Kier molecular flexibility index (Phi) is 5.83. The topological polar surface area (TPSA) is 93.9 Å². The summed E-state index contributed by atoms with van der Waals surface area (Å²) in [7, 11) is 1.46. The van der Waals surface area contributed by atoms with E-state index < -0.39 is 17.8 Å². The molecule has 12 heteroatoms. The molecule has 36 heavy (non-hydrogen) atoms. The van der Waals surface area contributed by atoms with E-state index in [9.17, 15) is 22.8 Å². The molecule has 1 saturated heterocycles. The minimum absolute atomic E-state index is 0.253. The van der Waals surface area contributed by atoms with E-state index in [4.69, 9.17) is 14.6 Å². The molecule has 1 aliphatic rings. The first kappa shape index (κ1) is 23.7. The molecule has 1 aliphatic heterocycles. The zero-order valence-electron chi connectivity index (χ0n) is 18.7. The maximum Gasteiger partial charge on any atom is 0.416 e. The molecule has 2 aromatic heterocycles. The molecule has 1 fully saturated rings. The van der Waals surface area contributed by atoms with Crippen molar-refractivity contribution < 1.29 is 32.5 Å². The number of amides is 1. The lowest BCUT2D eigenvalue weighted by Crippen LogP contribution is -2.55. The van der Waals surface area contributed by atoms with Crippen LogP contribution in [0.5, 0.6) is 11.5 Å². The van der Waals surface area contributed by atoms with E-state index in [0.717, 1.165) is 23.5 Å². The smallest absolute Gasteiger partial charge is 0.416 e. The number of fused-ring (bicyclic) bond motifs is 1. The van der Waals surface area contributed by atoms with E-state index in [1.807, 2.05) is 0 Å². The quantitative estimate of drug-likeness (QED) is 0.406. The van der Waals surface area contributed by atoms with Gasteiger partial charge in [-0.25, -0.2) is 9.78 Å². The Bertz CT molecular complexity index is 1510. The maximum absolute atomic E-state index is 13.2. The van der Waals surface area contributed by atoms with Crippen molar-refractivity contribution in [2.45, 2.75) is 12.3 Å². The molecule has 4 aromatic rings. The molecule has 8 nitrogen and oxygen atoms in total. The maximum atomic E-state index is 13.2. The van der Waals surface area contributed by atoms with E-state index in [2.05, 4.69) is 4.98 Å². The number of ether oxygens (including phenoxy) is 2. The van der Waals surface area contributed by atoms with Crippen molar-refractivity contribution in [3.05, 3.63) is 70.6 Å². The number of benzene rings is 2. The second-order valence-corrected chi connectivity index (χ2v) is 9.06. The van der Waals surface area contributed by atoms with Crippen LogP contribution in [0.15, 0.2) is 59.5 Å². The van der Waals surface area contributed by atoms with Gasteiger partial charge < -0.3 is 19.5 Å². The highest BCUT2D eigenvalue weighted by Gasteiger charge is 2.33. The summed E-state index contributed by atoms with van der Waals surface area (Å²) in [6, 6.07) is 11.3. The van der Waals surface area contributed by atoms with E-state index in [1.54, 1.807) is 30.5 Å². The first-order chi connectivity index (χ1) is 17.1. The number of alkyl halides is 3.